The first-order valence-electron chi connectivity index (χ1n) is 9.59. The molecule has 4 rings (SSSR count). The number of para-hydroxylation sites is 2. The highest BCUT2D eigenvalue weighted by Crippen LogP contribution is 2.28. The molecule has 1 aliphatic heterocycles. The highest BCUT2D eigenvalue weighted by Gasteiger charge is 2.27. The Labute approximate surface area is 165 Å². The van der Waals surface area contributed by atoms with E-state index in [-0.39, 0.29) is 5.91 Å². The van der Waals surface area contributed by atoms with E-state index in [1.54, 1.807) is 6.92 Å². The van der Waals surface area contributed by atoms with Crippen LogP contribution in [0.3, 0.4) is 0 Å². The number of benzene rings is 3. The van der Waals surface area contributed by atoms with Crippen molar-refractivity contribution in [1.82, 2.24) is 0 Å². The van der Waals surface area contributed by atoms with Crippen LogP contribution >= 0.6 is 0 Å². The van der Waals surface area contributed by atoms with E-state index in [1.807, 2.05) is 77.7 Å². The second-order valence-electron chi connectivity index (χ2n) is 6.87. The highest BCUT2D eigenvalue weighted by atomic mass is 16.5. The lowest BCUT2D eigenvalue weighted by atomic mass is 10.0. The fourth-order valence-corrected chi connectivity index (χ4v) is 3.45. The zero-order valence-corrected chi connectivity index (χ0v) is 15.9. The first-order chi connectivity index (χ1) is 13.7. The highest BCUT2D eigenvalue weighted by molar-refractivity contribution is 5.97. The van der Waals surface area contributed by atoms with E-state index < -0.39 is 6.10 Å². The number of hydrogen-bond donors (Lipinski definition) is 0. The lowest BCUT2D eigenvalue weighted by Gasteiger charge is -2.31. The van der Waals surface area contributed by atoms with Crippen LogP contribution < -0.4 is 14.4 Å². The van der Waals surface area contributed by atoms with Crippen molar-refractivity contribution in [3.05, 3.63) is 84.4 Å². The standard InChI is InChI=1S/C24H23NO3/c1-18(24(26)25-17-7-9-19-8-5-6-12-23(19)25)27-21-13-15-22(16-14-21)28-20-10-3-2-4-11-20/h2-6,8,10-16,18H,7,9,17H2,1H3/t18-/m1/s1. The Bertz CT molecular complexity index is 938. The molecule has 3 aromatic carbocycles. The number of rotatable bonds is 5. The number of carbonyl (C=O) groups is 1. The lowest BCUT2D eigenvalue weighted by molar-refractivity contribution is -0.124. The second-order valence-corrected chi connectivity index (χ2v) is 6.87. The third kappa shape index (κ3) is 4.01. The fourth-order valence-electron chi connectivity index (χ4n) is 3.45. The molecule has 28 heavy (non-hydrogen) atoms. The van der Waals surface area contributed by atoms with Gasteiger partial charge in [-0.3, -0.25) is 4.79 Å². The zero-order chi connectivity index (χ0) is 19.3. The fraction of sp³-hybridized carbons (Fsp3) is 0.208. The van der Waals surface area contributed by atoms with Gasteiger partial charge in [-0.1, -0.05) is 36.4 Å². The summed E-state index contributed by atoms with van der Waals surface area (Å²) in [7, 11) is 0. The minimum Gasteiger partial charge on any atom is -0.481 e. The van der Waals surface area contributed by atoms with Crippen molar-refractivity contribution in [3.8, 4) is 17.2 Å². The number of nitrogens with zero attached hydrogens (tertiary/aromatic N) is 1. The summed E-state index contributed by atoms with van der Waals surface area (Å²) in [5.41, 5.74) is 2.22. The molecule has 0 spiro atoms. The number of fused-ring (bicyclic) bond motifs is 1. The third-order valence-corrected chi connectivity index (χ3v) is 4.84. The SMILES string of the molecule is C[C@@H](Oc1ccc(Oc2ccccc2)cc1)C(=O)N1CCCc2ccccc21. The molecule has 3 aromatic rings. The molecular formula is C24H23NO3. The number of hydrogen-bond acceptors (Lipinski definition) is 3. The van der Waals surface area contributed by atoms with E-state index in [0.717, 1.165) is 36.6 Å². The molecule has 4 heteroatoms. The van der Waals surface area contributed by atoms with Crippen LogP contribution in [0, 0.1) is 0 Å². The maximum Gasteiger partial charge on any atom is 0.267 e. The molecule has 4 nitrogen and oxygen atoms in total. The van der Waals surface area contributed by atoms with Crippen molar-refractivity contribution in [3.63, 3.8) is 0 Å². The van der Waals surface area contributed by atoms with Gasteiger partial charge >= 0.3 is 0 Å². The summed E-state index contributed by atoms with van der Waals surface area (Å²) in [5, 5.41) is 0. The van der Waals surface area contributed by atoms with Gasteiger partial charge in [-0.15, -0.1) is 0 Å². The molecule has 1 heterocycles. The lowest BCUT2D eigenvalue weighted by Crippen LogP contribution is -2.43. The molecule has 1 atom stereocenters. The van der Waals surface area contributed by atoms with Crippen LogP contribution in [0.15, 0.2) is 78.9 Å². The summed E-state index contributed by atoms with van der Waals surface area (Å²) in [4.78, 5) is 14.8. The van der Waals surface area contributed by atoms with Gasteiger partial charge in [0, 0.05) is 12.2 Å². The molecule has 0 N–H and O–H groups in total. The van der Waals surface area contributed by atoms with E-state index >= 15 is 0 Å². The van der Waals surface area contributed by atoms with Crippen molar-refractivity contribution in [1.29, 1.82) is 0 Å². The quantitative estimate of drug-likeness (QED) is 0.615. The van der Waals surface area contributed by atoms with Crippen molar-refractivity contribution < 1.29 is 14.3 Å². The van der Waals surface area contributed by atoms with Gasteiger partial charge in [-0.25, -0.2) is 0 Å². The van der Waals surface area contributed by atoms with Crippen LogP contribution in [0.1, 0.15) is 18.9 Å². The maximum absolute atomic E-state index is 12.9. The predicted octanol–water partition coefficient (Wildman–Crippen LogP) is 5.23. The van der Waals surface area contributed by atoms with E-state index in [0.29, 0.717) is 5.75 Å². The summed E-state index contributed by atoms with van der Waals surface area (Å²) in [6, 6.07) is 25.0. The van der Waals surface area contributed by atoms with Crippen molar-refractivity contribution in [2.75, 3.05) is 11.4 Å². The van der Waals surface area contributed by atoms with Crippen molar-refractivity contribution in [2.45, 2.75) is 25.9 Å². The van der Waals surface area contributed by atoms with Gasteiger partial charge in [0.05, 0.1) is 0 Å². The molecule has 0 fully saturated rings. The van der Waals surface area contributed by atoms with Crippen LogP contribution in [-0.2, 0) is 11.2 Å². The number of anilines is 1. The largest absolute Gasteiger partial charge is 0.481 e. The van der Waals surface area contributed by atoms with Crippen molar-refractivity contribution in [2.24, 2.45) is 0 Å². The maximum atomic E-state index is 12.9. The first-order valence-corrected chi connectivity index (χ1v) is 9.59. The molecule has 142 valence electrons. The Morgan fingerprint density at radius 2 is 1.50 bits per heavy atom. The van der Waals surface area contributed by atoms with Gasteiger partial charge in [0.2, 0.25) is 0 Å². The summed E-state index contributed by atoms with van der Waals surface area (Å²) in [5.74, 6) is 2.13. The van der Waals surface area contributed by atoms with Crippen LogP contribution in [0.4, 0.5) is 5.69 Å². The average Bonchev–Trinajstić information content (AvgIpc) is 2.75. The van der Waals surface area contributed by atoms with Crippen LogP contribution in [0.5, 0.6) is 17.2 Å². The van der Waals surface area contributed by atoms with Crippen molar-refractivity contribution >= 4 is 11.6 Å². The molecule has 1 aliphatic rings. The van der Waals surface area contributed by atoms with Gasteiger partial charge in [-0.2, -0.15) is 0 Å². The monoisotopic (exact) mass is 373 g/mol. The van der Waals surface area contributed by atoms with Gasteiger partial charge < -0.3 is 14.4 Å². The Morgan fingerprint density at radius 3 is 2.29 bits per heavy atom. The first kappa shape index (κ1) is 18.1. The molecular weight excluding hydrogens is 350 g/mol. The summed E-state index contributed by atoms with van der Waals surface area (Å²) in [6.45, 7) is 2.53. The Morgan fingerprint density at radius 1 is 0.857 bits per heavy atom. The Kier molecular flexibility index (Phi) is 5.29. The van der Waals surface area contributed by atoms with Gasteiger partial charge in [0.1, 0.15) is 17.2 Å². The summed E-state index contributed by atoms with van der Waals surface area (Å²) < 4.78 is 11.7. The summed E-state index contributed by atoms with van der Waals surface area (Å²) in [6.07, 6.45) is 1.42. The number of amides is 1. The third-order valence-electron chi connectivity index (χ3n) is 4.84. The number of aryl methyl sites for hydroxylation is 1. The second kappa shape index (κ2) is 8.17. The van der Waals surface area contributed by atoms with Crippen LogP contribution in [0.2, 0.25) is 0 Å². The Hall–Kier alpha value is -3.27. The minimum absolute atomic E-state index is 0.0169. The van der Waals surface area contributed by atoms with Crippen LogP contribution in [-0.4, -0.2) is 18.6 Å². The molecule has 0 unspecified atom stereocenters. The molecule has 0 radical (unpaired) electrons. The van der Waals surface area contributed by atoms with Crippen LogP contribution in [0.25, 0.3) is 0 Å². The molecule has 0 aliphatic carbocycles. The molecule has 0 saturated carbocycles. The number of carbonyl (C=O) groups excluding carboxylic acids is 1. The summed E-state index contributed by atoms with van der Waals surface area (Å²) >= 11 is 0. The molecule has 1 amide bonds. The minimum atomic E-state index is -0.563. The molecule has 0 saturated heterocycles. The Balaban J connectivity index is 1.41. The van der Waals surface area contributed by atoms with E-state index in [4.69, 9.17) is 9.47 Å². The normalized spacial score (nSPS) is 14.1. The van der Waals surface area contributed by atoms with E-state index in [9.17, 15) is 4.79 Å². The molecule has 0 aromatic heterocycles. The smallest absolute Gasteiger partial charge is 0.267 e. The molecule has 0 bridgehead atoms. The van der Waals surface area contributed by atoms with Gasteiger partial charge in [-0.05, 0) is 67.8 Å². The predicted molar refractivity (Wildman–Crippen MR) is 110 cm³/mol. The topological polar surface area (TPSA) is 38.8 Å². The number of ether oxygens (including phenoxy) is 2. The average molecular weight is 373 g/mol. The van der Waals surface area contributed by atoms with Gasteiger partial charge in [0.25, 0.3) is 5.91 Å². The van der Waals surface area contributed by atoms with E-state index in [1.165, 1.54) is 5.56 Å². The zero-order valence-electron chi connectivity index (χ0n) is 15.9. The van der Waals surface area contributed by atoms with E-state index in [2.05, 4.69) is 6.07 Å². The van der Waals surface area contributed by atoms with Gasteiger partial charge in [0.15, 0.2) is 6.10 Å².